The second-order valence-corrected chi connectivity index (χ2v) is 8.42. The van der Waals surface area contributed by atoms with Gasteiger partial charge in [-0.05, 0) is 74.2 Å². The largest absolute Gasteiger partial charge is 0.317 e. The van der Waals surface area contributed by atoms with Gasteiger partial charge in [0.15, 0.2) is 0 Å². The summed E-state index contributed by atoms with van der Waals surface area (Å²) in [5.41, 5.74) is 1.50. The maximum absolute atomic E-state index is 14.5. The summed E-state index contributed by atoms with van der Waals surface area (Å²) in [5.74, 6) is -0.492. The number of fused-ring (bicyclic) bond motifs is 2. The number of benzene rings is 2. The van der Waals surface area contributed by atoms with Gasteiger partial charge in [-0.2, -0.15) is 0 Å². The molecule has 0 bridgehead atoms. The summed E-state index contributed by atoms with van der Waals surface area (Å²) in [4.78, 5) is 15.3. The summed E-state index contributed by atoms with van der Waals surface area (Å²) < 4.78 is 28.7. The Hall–Kier alpha value is -2.27. The van der Waals surface area contributed by atoms with E-state index in [4.69, 9.17) is 0 Å². The van der Waals surface area contributed by atoms with Gasteiger partial charge in [-0.3, -0.25) is 4.79 Å². The molecular formula is C23H24F2N2O. The van der Waals surface area contributed by atoms with Crippen LogP contribution in [0.5, 0.6) is 0 Å². The van der Waals surface area contributed by atoms with Gasteiger partial charge in [0, 0.05) is 17.1 Å². The van der Waals surface area contributed by atoms with Crippen molar-refractivity contribution in [3.8, 4) is 0 Å². The van der Waals surface area contributed by atoms with Gasteiger partial charge in [0.1, 0.15) is 11.6 Å². The van der Waals surface area contributed by atoms with Crippen LogP contribution in [0.15, 0.2) is 42.5 Å². The highest BCUT2D eigenvalue weighted by Gasteiger charge is 2.54. The van der Waals surface area contributed by atoms with E-state index in [0.29, 0.717) is 5.92 Å². The van der Waals surface area contributed by atoms with Crippen molar-refractivity contribution in [3.05, 3.63) is 65.2 Å². The molecule has 0 aromatic heterocycles. The Kier molecular flexibility index (Phi) is 4.23. The van der Waals surface area contributed by atoms with Crippen LogP contribution in [0.4, 0.5) is 14.5 Å². The Bertz CT molecular complexity index is 919. The number of anilines is 1. The predicted molar refractivity (Wildman–Crippen MR) is 105 cm³/mol. The number of hydrogen-bond acceptors (Lipinski definition) is 2. The van der Waals surface area contributed by atoms with Crippen LogP contribution in [0.3, 0.4) is 0 Å². The molecule has 0 unspecified atom stereocenters. The third-order valence-electron chi connectivity index (χ3n) is 6.78. The van der Waals surface area contributed by atoms with Crippen LogP contribution in [-0.4, -0.2) is 25.0 Å². The van der Waals surface area contributed by atoms with E-state index in [1.54, 1.807) is 35.2 Å². The van der Waals surface area contributed by atoms with Crippen molar-refractivity contribution in [1.29, 1.82) is 0 Å². The second-order valence-electron chi connectivity index (χ2n) is 8.42. The number of piperidine rings is 1. The van der Waals surface area contributed by atoms with Crippen molar-refractivity contribution in [2.45, 2.75) is 43.6 Å². The Morgan fingerprint density at radius 1 is 1.11 bits per heavy atom. The number of rotatable bonds is 3. The summed E-state index contributed by atoms with van der Waals surface area (Å²) >= 11 is 0. The van der Waals surface area contributed by atoms with Gasteiger partial charge >= 0.3 is 0 Å². The molecule has 2 heterocycles. The van der Waals surface area contributed by atoms with Crippen LogP contribution in [0, 0.1) is 17.6 Å². The smallest absolute Gasteiger partial charge is 0.261 e. The van der Waals surface area contributed by atoms with E-state index in [1.165, 1.54) is 25.0 Å². The maximum atomic E-state index is 14.5. The van der Waals surface area contributed by atoms with Crippen LogP contribution in [-0.2, 0) is 5.41 Å². The first-order chi connectivity index (χ1) is 13.6. The van der Waals surface area contributed by atoms with E-state index < -0.39 is 5.82 Å². The highest BCUT2D eigenvalue weighted by molar-refractivity contribution is 6.08. The van der Waals surface area contributed by atoms with E-state index in [2.05, 4.69) is 5.32 Å². The van der Waals surface area contributed by atoms with Crippen molar-refractivity contribution in [2.24, 2.45) is 5.92 Å². The third-order valence-corrected chi connectivity index (χ3v) is 6.78. The van der Waals surface area contributed by atoms with E-state index in [0.717, 1.165) is 43.6 Å². The third kappa shape index (κ3) is 2.75. The zero-order valence-electron chi connectivity index (χ0n) is 15.8. The maximum Gasteiger partial charge on any atom is 0.261 e. The van der Waals surface area contributed by atoms with Crippen molar-refractivity contribution >= 4 is 11.6 Å². The van der Waals surface area contributed by atoms with Crippen LogP contribution >= 0.6 is 0 Å². The average molecular weight is 382 g/mol. The highest BCUT2D eigenvalue weighted by Crippen LogP contribution is 2.54. The van der Waals surface area contributed by atoms with Gasteiger partial charge in [-0.25, -0.2) is 8.78 Å². The normalized spacial score (nSPS) is 23.1. The molecule has 146 valence electrons. The Labute approximate surface area is 163 Å². The quantitative estimate of drug-likeness (QED) is 0.853. The monoisotopic (exact) mass is 382 g/mol. The molecule has 3 nitrogen and oxygen atoms in total. The molecule has 5 heteroatoms. The molecule has 1 saturated heterocycles. The lowest BCUT2D eigenvalue weighted by atomic mass is 9.68. The molecule has 1 spiro atoms. The fourth-order valence-electron chi connectivity index (χ4n) is 5.20. The summed E-state index contributed by atoms with van der Waals surface area (Å²) in [6.45, 7) is 1.69. The molecule has 28 heavy (non-hydrogen) atoms. The molecule has 2 aliphatic heterocycles. The van der Waals surface area contributed by atoms with Gasteiger partial charge in [0.2, 0.25) is 0 Å². The van der Waals surface area contributed by atoms with Crippen LogP contribution < -0.4 is 10.2 Å². The number of nitrogens with zero attached hydrogens (tertiary/aromatic N) is 1. The van der Waals surface area contributed by atoms with Crippen LogP contribution in [0.25, 0.3) is 0 Å². The van der Waals surface area contributed by atoms with Crippen LogP contribution in [0.2, 0.25) is 0 Å². The molecule has 2 aromatic rings. The molecule has 2 aromatic carbocycles. The molecule has 1 N–H and O–H groups in total. The minimum Gasteiger partial charge on any atom is -0.317 e. The standard InChI is InChI=1S/C23H24F2N2O/c24-16-7-8-20-18(14-16)23(9-11-26-12-10-23)21(13-15-5-6-15)27(20)22(28)17-3-1-2-4-19(17)25/h1-4,7-8,14-15,21,26H,5-6,9-13H2/t21-/m1/s1. The average Bonchev–Trinajstić information content (AvgIpc) is 3.49. The molecule has 3 aliphatic rings. The van der Waals surface area contributed by atoms with Crippen LogP contribution in [0.1, 0.15) is 48.0 Å². The number of nitrogens with one attached hydrogen (secondary N) is 1. The lowest BCUT2D eigenvalue weighted by molar-refractivity contribution is 0.0956. The van der Waals surface area contributed by atoms with E-state index in [-0.39, 0.29) is 28.7 Å². The molecule has 1 amide bonds. The molecule has 1 atom stereocenters. The van der Waals surface area contributed by atoms with Crippen molar-refractivity contribution < 1.29 is 13.6 Å². The molecule has 5 rings (SSSR count). The van der Waals surface area contributed by atoms with Gasteiger partial charge in [0.25, 0.3) is 5.91 Å². The zero-order chi connectivity index (χ0) is 19.3. The Morgan fingerprint density at radius 3 is 2.57 bits per heavy atom. The first kappa shape index (κ1) is 17.8. The summed E-state index contributed by atoms with van der Waals surface area (Å²) in [6.07, 6.45) is 4.98. The van der Waals surface area contributed by atoms with Crippen molar-refractivity contribution in [3.63, 3.8) is 0 Å². The highest BCUT2D eigenvalue weighted by atomic mass is 19.1. The molecular weight excluding hydrogens is 358 g/mol. The van der Waals surface area contributed by atoms with Crippen molar-refractivity contribution in [1.82, 2.24) is 5.32 Å². The van der Waals surface area contributed by atoms with Gasteiger partial charge in [-0.15, -0.1) is 0 Å². The molecule has 2 fully saturated rings. The fraction of sp³-hybridized carbons (Fsp3) is 0.435. The van der Waals surface area contributed by atoms with E-state index in [9.17, 15) is 13.6 Å². The topological polar surface area (TPSA) is 32.3 Å². The van der Waals surface area contributed by atoms with Gasteiger partial charge in [-0.1, -0.05) is 25.0 Å². The minimum atomic E-state index is -0.507. The predicted octanol–water partition coefficient (Wildman–Crippen LogP) is 4.42. The first-order valence-electron chi connectivity index (χ1n) is 10.2. The summed E-state index contributed by atoms with van der Waals surface area (Å²) in [7, 11) is 0. The lowest BCUT2D eigenvalue weighted by Crippen LogP contribution is -2.52. The lowest BCUT2D eigenvalue weighted by Gasteiger charge is -2.42. The Balaban J connectivity index is 1.66. The fourth-order valence-corrected chi connectivity index (χ4v) is 5.20. The number of carbonyl (C=O) groups is 1. The van der Waals surface area contributed by atoms with E-state index >= 15 is 0 Å². The van der Waals surface area contributed by atoms with Gasteiger partial charge < -0.3 is 10.2 Å². The first-order valence-corrected chi connectivity index (χ1v) is 10.2. The minimum absolute atomic E-state index is 0.0500. The number of amides is 1. The van der Waals surface area contributed by atoms with E-state index in [1.807, 2.05) is 0 Å². The summed E-state index contributed by atoms with van der Waals surface area (Å²) in [5, 5.41) is 3.40. The van der Waals surface area contributed by atoms with Crippen molar-refractivity contribution in [2.75, 3.05) is 18.0 Å². The molecule has 1 aliphatic carbocycles. The summed E-state index contributed by atoms with van der Waals surface area (Å²) in [6, 6.07) is 10.8. The zero-order valence-corrected chi connectivity index (χ0v) is 15.8. The van der Waals surface area contributed by atoms with Gasteiger partial charge in [0.05, 0.1) is 5.56 Å². The SMILES string of the molecule is O=C(c1ccccc1F)N1c2ccc(F)cc2C2(CCNCC2)[C@H]1CC1CC1. The number of hydrogen-bond donors (Lipinski definition) is 1. The molecule has 1 saturated carbocycles. The number of carbonyl (C=O) groups excluding carboxylic acids is 1. The second kappa shape index (κ2) is 6.66. The molecule has 0 radical (unpaired) electrons. The Morgan fingerprint density at radius 2 is 1.86 bits per heavy atom. The number of halogens is 2.